The molecule has 0 atom stereocenters. The van der Waals surface area contributed by atoms with Gasteiger partial charge in [-0.15, -0.1) is 0 Å². The highest BCUT2D eigenvalue weighted by Gasteiger charge is 2.35. The molecule has 0 N–H and O–H groups in total. The second-order valence-electron chi connectivity index (χ2n) is 6.56. The molecule has 152 valence electrons. The number of benzene rings is 2. The summed E-state index contributed by atoms with van der Waals surface area (Å²) in [5.41, 5.74) is 2.80. The van der Waals surface area contributed by atoms with Crippen molar-refractivity contribution in [1.82, 2.24) is 4.90 Å². The number of carbonyl (C=O) groups excluding carboxylic acids is 2. The molecular weight excluding hydrogens is 390 g/mol. The summed E-state index contributed by atoms with van der Waals surface area (Å²) in [7, 11) is 3.11. The van der Waals surface area contributed by atoms with E-state index in [0.29, 0.717) is 22.0 Å². The third-order valence-electron chi connectivity index (χ3n) is 4.52. The van der Waals surface area contributed by atoms with Crippen LogP contribution in [-0.4, -0.2) is 43.4 Å². The van der Waals surface area contributed by atoms with E-state index in [9.17, 15) is 9.59 Å². The van der Waals surface area contributed by atoms with E-state index < -0.39 is 0 Å². The second kappa shape index (κ2) is 9.05. The summed E-state index contributed by atoms with van der Waals surface area (Å²) in [4.78, 5) is 26.6. The van der Waals surface area contributed by atoms with Gasteiger partial charge in [0.15, 0.2) is 0 Å². The number of imide groups is 1. The van der Waals surface area contributed by atoms with Crippen LogP contribution in [0.2, 0.25) is 0 Å². The summed E-state index contributed by atoms with van der Waals surface area (Å²) in [6, 6.07) is 11.2. The van der Waals surface area contributed by atoms with E-state index in [4.69, 9.17) is 14.2 Å². The third-order valence-corrected chi connectivity index (χ3v) is 5.42. The van der Waals surface area contributed by atoms with Gasteiger partial charge in [0, 0.05) is 11.6 Å². The van der Waals surface area contributed by atoms with Crippen LogP contribution in [0.25, 0.3) is 6.08 Å². The molecule has 2 aromatic rings. The van der Waals surface area contributed by atoms with Gasteiger partial charge in [0.1, 0.15) is 23.9 Å². The van der Waals surface area contributed by atoms with Gasteiger partial charge in [0.05, 0.1) is 25.7 Å². The Morgan fingerprint density at radius 1 is 1.00 bits per heavy atom. The molecule has 29 heavy (non-hydrogen) atoms. The largest absolute Gasteiger partial charge is 0.497 e. The molecule has 1 aliphatic heterocycles. The first-order valence-electron chi connectivity index (χ1n) is 9.10. The van der Waals surface area contributed by atoms with Gasteiger partial charge in [-0.25, -0.2) is 0 Å². The maximum absolute atomic E-state index is 12.7. The monoisotopic (exact) mass is 413 g/mol. The minimum absolute atomic E-state index is 0.190. The average Bonchev–Trinajstić information content (AvgIpc) is 2.98. The Hall–Kier alpha value is -2.93. The first-order chi connectivity index (χ1) is 13.9. The summed E-state index contributed by atoms with van der Waals surface area (Å²) in [5, 5.41) is -0.307. The highest BCUT2D eigenvalue weighted by molar-refractivity contribution is 8.18. The molecule has 3 rings (SSSR count). The maximum atomic E-state index is 12.7. The highest BCUT2D eigenvalue weighted by Crippen LogP contribution is 2.35. The summed E-state index contributed by atoms with van der Waals surface area (Å²) >= 11 is 0.914. The predicted octanol–water partition coefficient (Wildman–Crippen LogP) is 4.44. The molecule has 0 radical (unpaired) electrons. The van der Waals surface area contributed by atoms with E-state index in [1.165, 1.54) is 4.90 Å². The van der Waals surface area contributed by atoms with Crippen LogP contribution in [-0.2, 0) is 4.79 Å². The molecule has 0 spiro atoms. The molecular formula is C22H23NO5S. The fraction of sp³-hybridized carbons (Fsp3) is 0.273. The number of rotatable bonds is 7. The lowest BCUT2D eigenvalue weighted by Gasteiger charge is -2.14. The average molecular weight is 413 g/mol. The van der Waals surface area contributed by atoms with Crippen LogP contribution < -0.4 is 14.2 Å². The van der Waals surface area contributed by atoms with E-state index >= 15 is 0 Å². The first kappa shape index (κ1) is 20.8. The van der Waals surface area contributed by atoms with Crippen molar-refractivity contribution in [3.8, 4) is 17.2 Å². The van der Waals surface area contributed by atoms with Crippen LogP contribution in [0.15, 0.2) is 41.3 Å². The molecule has 0 aromatic heterocycles. The lowest BCUT2D eigenvalue weighted by molar-refractivity contribution is -0.123. The molecule has 0 aliphatic carbocycles. The number of aryl methyl sites for hydroxylation is 2. The molecule has 2 amide bonds. The molecule has 1 fully saturated rings. The summed E-state index contributed by atoms with van der Waals surface area (Å²) in [6.07, 6.45) is 1.66. The molecule has 6 nitrogen and oxygen atoms in total. The zero-order valence-electron chi connectivity index (χ0n) is 16.9. The number of carbonyl (C=O) groups is 2. The molecule has 1 heterocycles. The van der Waals surface area contributed by atoms with E-state index in [0.717, 1.165) is 28.6 Å². The normalized spacial score (nSPS) is 15.2. The molecule has 1 saturated heterocycles. The van der Waals surface area contributed by atoms with Crippen molar-refractivity contribution in [2.24, 2.45) is 0 Å². The molecule has 2 aromatic carbocycles. The van der Waals surface area contributed by atoms with Crippen molar-refractivity contribution in [1.29, 1.82) is 0 Å². The van der Waals surface area contributed by atoms with Crippen molar-refractivity contribution in [2.45, 2.75) is 13.8 Å². The summed E-state index contributed by atoms with van der Waals surface area (Å²) < 4.78 is 16.3. The minimum atomic E-state index is -0.331. The maximum Gasteiger partial charge on any atom is 0.293 e. The van der Waals surface area contributed by atoms with Crippen molar-refractivity contribution < 1.29 is 23.8 Å². The Morgan fingerprint density at radius 3 is 2.52 bits per heavy atom. The van der Waals surface area contributed by atoms with Crippen molar-refractivity contribution >= 4 is 29.0 Å². The Kier molecular flexibility index (Phi) is 6.49. The van der Waals surface area contributed by atoms with E-state index in [1.54, 1.807) is 38.5 Å². The number of nitrogens with zero attached hydrogens (tertiary/aromatic N) is 1. The van der Waals surface area contributed by atoms with Gasteiger partial charge in [-0.2, -0.15) is 0 Å². The van der Waals surface area contributed by atoms with Gasteiger partial charge in [-0.1, -0.05) is 12.1 Å². The minimum Gasteiger partial charge on any atom is -0.497 e. The van der Waals surface area contributed by atoms with Crippen LogP contribution >= 0.6 is 11.8 Å². The van der Waals surface area contributed by atoms with Crippen molar-refractivity contribution in [3.63, 3.8) is 0 Å². The first-order valence-corrected chi connectivity index (χ1v) is 9.92. The number of methoxy groups -OCH3 is 2. The van der Waals surface area contributed by atoms with E-state index in [1.807, 2.05) is 32.0 Å². The Morgan fingerprint density at radius 2 is 1.79 bits per heavy atom. The zero-order chi connectivity index (χ0) is 21.0. The Bertz CT molecular complexity index is 970. The molecule has 1 aliphatic rings. The van der Waals surface area contributed by atoms with E-state index in [2.05, 4.69) is 0 Å². The van der Waals surface area contributed by atoms with Crippen LogP contribution in [0, 0.1) is 13.8 Å². The predicted molar refractivity (Wildman–Crippen MR) is 114 cm³/mol. The third kappa shape index (κ3) is 4.74. The number of ether oxygens (including phenoxy) is 3. The smallest absolute Gasteiger partial charge is 0.293 e. The van der Waals surface area contributed by atoms with E-state index in [-0.39, 0.29) is 24.3 Å². The summed E-state index contributed by atoms with van der Waals surface area (Å²) in [6.45, 7) is 4.37. The molecule has 0 unspecified atom stereocenters. The number of hydrogen-bond donors (Lipinski definition) is 0. The lowest BCUT2D eigenvalue weighted by atomic mass is 10.1. The van der Waals surface area contributed by atoms with Crippen LogP contribution in [0.4, 0.5) is 4.79 Å². The van der Waals surface area contributed by atoms with Gasteiger partial charge in [0.25, 0.3) is 11.1 Å². The topological polar surface area (TPSA) is 65.1 Å². The highest BCUT2D eigenvalue weighted by atomic mass is 32.2. The number of thioether (sulfide) groups is 1. The van der Waals surface area contributed by atoms with Gasteiger partial charge in [-0.05, 0) is 61.0 Å². The Balaban J connectivity index is 1.69. The standard InChI is InChI=1S/C22H23NO5S/c1-14-5-6-15(2)18(11-14)28-10-9-23-21(24)20(29-22(23)25)12-16-7-8-17(26-3)13-19(16)27-4/h5-8,11-13H,9-10H2,1-4H3/b20-12-. The summed E-state index contributed by atoms with van der Waals surface area (Å²) in [5.74, 6) is 1.64. The Labute approximate surface area is 174 Å². The number of amides is 2. The van der Waals surface area contributed by atoms with Crippen LogP contribution in [0.1, 0.15) is 16.7 Å². The lowest BCUT2D eigenvalue weighted by Crippen LogP contribution is -2.32. The van der Waals surface area contributed by atoms with Gasteiger partial charge < -0.3 is 14.2 Å². The molecule has 7 heteroatoms. The van der Waals surface area contributed by atoms with Crippen LogP contribution in [0.3, 0.4) is 0 Å². The SMILES string of the molecule is COc1ccc(/C=C2\SC(=O)N(CCOc3cc(C)ccc3C)C2=O)c(OC)c1. The molecule has 0 bridgehead atoms. The van der Waals surface area contributed by atoms with Crippen LogP contribution in [0.5, 0.6) is 17.2 Å². The van der Waals surface area contributed by atoms with Gasteiger partial charge >= 0.3 is 0 Å². The second-order valence-corrected chi connectivity index (χ2v) is 7.55. The van der Waals surface area contributed by atoms with Gasteiger partial charge in [0.2, 0.25) is 0 Å². The van der Waals surface area contributed by atoms with Gasteiger partial charge in [-0.3, -0.25) is 14.5 Å². The molecule has 0 saturated carbocycles. The fourth-order valence-electron chi connectivity index (χ4n) is 2.88. The quantitative estimate of drug-likeness (QED) is 0.626. The van der Waals surface area contributed by atoms with Crippen molar-refractivity contribution in [2.75, 3.05) is 27.4 Å². The number of hydrogen-bond acceptors (Lipinski definition) is 6. The zero-order valence-corrected chi connectivity index (χ0v) is 17.7. The van der Waals surface area contributed by atoms with Crippen molar-refractivity contribution in [3.05, 3.63) is 58.0 Å². The fourth-order valence-corrected chi connectivity index (χ4v) is 3.74.